The van der Waals surface area contributed by atoms with Gasteiger partial charge in [0.2, 0.25) is 0 Å². The average molecular weight is 292 g/mol. The Balaban J connectivity index is 1.92. The number of thiophene rings is 1. The predicted molar refractivity (Wildman–Crippen MR) is 84.1 cm³/mol. The van der Waals surface area contributed by atoms with Crippen molar-refractivity contribution in [2.24, 2.45) is 0 Å². The van der Waals surface area contributed by atoms with Crippen molar-refractivity contribution in [3.8, 4) is 0 Å². The van der Waals surface area contributed by atoms with Gasteiger partial charge in [0.25, 0.3) is 5.91 Å². The summed E-state index contributed by atoms with van der Waals surface area (Å²) in [4.78, 5) is 15.4. The molecular formula is C14H16N2OS2. The van der Waals surface area contributed by atoms with Crippen LogP contribution in [0.25, 0.3) is 10.1 Å². The first kappa shape index (κ1) is 12.8. The van der Waals surface area contributed by atoms with Gasteiger partial charge in [0.05, 0.1) is 4.88 Å². The molecule has 1 unspecified atom stereocenters. The number of hydrogen-bond donors (Lipinski definition) is 1. The van der Waals surface area contributed by atoms with Gasteiger partial charge in [-0.05, 0) is 36.6 Å². The van der Waals surface area contributed by atoms with E-state index in [0.717, 1.165) is 38.7 Å². The smallest absolute Gasteiger partial charge is 0.264 e. The Morgan fingerprint density at radius 2 is 2.26 bits per heavy atom. The molecule has 1 saturated heterocycles. The first-order valence-corrected chi connectivity index (χ1v) is 8.30. The second-order valence-electron chi connectivity index (χ2n) is 4.83. The number of nitrogens with zero attached hydrogens (tertiary/aromatic N) is 1. The van der Waals surface area contributed by atoms with E-state index in [-0.39, 0.29) is 5.91 Å². The van der Waals surface area contributed by atoms with Gasteiger partial charge < -0.3 is 10.6 Å². The van der Waals surface area contributed by atoms with Gasteiger partial charge in [-0.2, -0.15) is 11.8 Å². The highest BCUT2D eigenvalue weighted by Gasteiger charge is 2.25. The Morgan fingerprint density at radius 1 is 1.42 bits per heavy atom. The summed E-state index contributed by atoms with van der Waals surface area (Å²) < 4.78 is 1.12. The molecule has 0 bridgehead atoms. The molecule has 1 amide bonds. The zero-order valence-electron chi connectivity index (χ0n) is 10.8. The van der Waals surface area contributed by atoms with Gasteiger partial charge in [-0.1, -0.05) is 0 Å². The van der Waals surface area contributed by atoms with Crippen LogP contribution < -0.4 is 5.73 Å². The molecule has 1 aliphatic rings. The number of carbonyl (C=O) groups excluding carboxylic acids is 1. The standard InChI is InChI=1S/C14H16N2OS2/c1-9-8-18-5-4-16(9)14(17)13-7-10-6-11(15)2-3-12(10)19-13/h2-3,6-7,9H,4-5,8,15H2,1H3. The van der Waals surface area contributed by atoms with Crippen LogP contribution in [-0.4, -0.2) is 34.9 Å². The van der Waals surface area contributed by atoms with E-state index in [9.17, 15) is 4.79 Å². The molecule has 0 saturated carbocycles. The van der Waals surface area contributed by atoms with Crippen molar-refractivity contribution in [3.05, 3.63) is 29.1 Å². The maximum Gasteiger partial charge on any atom is 0.264 e. The summed E-state index contributed by atoms with van der Waals surface area (Å²) in [6, 6.07) is 8.08. The minimum absolute atomic E-state index is 0.160. The molecule has 2 aromatic rings. The maximum absolute atomic E-state index is 12.6. The molecule has 3 nitrogen and oxygen atoms in total. The monoisotopic (exact) mass is 292 g/mol. The molecule has 1 fully saturated rings. The van der Waals surface area contributed by atoms with Crippen LogP contribution in [-0.2, 0) is 0 Å². The number of carbonyl (C=O) groups is 1. The number of nitrogens with two attached hydrogens (primary N) is 1. The molecule has 0 spiro atoms. The third kappa shape index (κ3) is 2.44. The summed E-state index contributed by atoms with van der Waals surface area (Å²) in [5.41, 5.74) is 6.52. The molecule has 1 aromatic heterocycles. The zero-order chi connectivity index (χ0) is 13.4. The first-order chi connectivity index (χ1) is 9.15. The summed E-state index contributed by atoms with van der Waals surface area (Å²) in [6.07, 6.45) is 0. The summed E-state index contributed by atoms with van der Waals surface area (Å²) >= 11 is 3.48. The van der Waals surface area contributed by atoms with Crippen LogP contribution in [0.3, 0.4) is 0 Å². The Bertz CT molecular complexity index is 623. The Morgan fingerprint density at radius 3 is 3.05 bits per heavy atom. The molecule has 3 rings (SSSR count). The largest absolute Gasteiger partial charge is 0.399 e. The van der Waals surface area contributed by atoms with Gasteiger partial charge in [-0.25, -0.2) is 0 Å². The van der Waals surface area contributed by atoms with Crippen molar-refractivity contribution < 1.29 is 4.79 Å². The van der Waals surface area contributed by atoms with Gasteiger partial charge in [-0.3, -0.25) is 4.79 Å². The molecule has 5 heteroatoms. The van der Waals surface area contributed by atoms with Crippen molar-refractivity contribution in [1.29, 1.82) is 0 Å². The molecule has 19 heavy (non-hydrogen) atoms. The molecule has 1 aromatic carbocycles. The number of rotatable bonds is 1. The van der Waals surface area contributed by atoms with Gasteiger partial charge in [0.1, 0.15) is 0 Å². The molecule has 2 N–H and O–H groups in total. The van der Waals surface area contributed by atoms with E-state index in [4.69, 9.17) is 5.73 Å². The molecular weight excluding hydrogens is 276 g/mol. The zero-order valence-corrected chi connectivity index (χ0v) is 12.4. The van der Waals surface area contributed by atoms with E-state index < -0.39 is 0 Å². The minimum atomic E-state index is 0.160. The lowest BCUT2D eigenvalue weighted by molar-refractivity contribution is 0.0721. The van der Waals surface area contributed by atoms with Crippen molar-refractivity contribution in [1.82, 2.24) is 4.90 Å². The SMILES string of the molecule is CC1CSCCN1C(=O)c1cc2cc(N)ccc2s1. The number of nitrogen functional groups attached to an aromatic ring is 1. The molecule has 0 aliphatic carbocycles. The quantitative estimate of drug-likeness (QED) is 0.822. The van der Waals surface area contributed by atoms with E-state index in [2.05, 4.69) is 6.92 Å². The van der Waals surface area contributed by atoms with Crippen LogP contribution >= 0.6 is 23.1 Å². The third-order valence-corrected chi connectivity index (χ3v) is 5.67. The Hall–Kier alpha value is -1.20. The summed E-state index contributed by atoms with van der Waals surface area (Å²) in [6.45, 7) is 2.97. The van der Waals surface area contributed by atoms with Gasteiger partial charge >= 0.3 is 0 Å². The molecule has 1 aliphatic heterocycles. The summed E-state index contributed by atoms with van der Waals surface area (Å²) in [5, 5.41) is 1.06. The first-order valence-electron chi connectivity index (χ1n) is 6.33. The van der Waals surface area contributed by atoms with Crippen LogP contribution in [0, 0.1) is 0 Å². The van der Waals surface area contributed by atoms with E-state index in [1.54, 1.807) is 11.3 Å². The highest BCUT2D eigenvalue weighted by molar-refractivity contribution is 7.99. The van der Waals surface area contributed by atoms with Crippen LogP contribution in [0.2, 0.25) is 0 Å². The molecule has 100 valence electrons. The number of fused-ring (bicyclic) bond motifs is 1. The predicted octanol–water partition coefficient (Wildman–Crippen LogP) is 3.06. The van der Waals surface area contributed by atoms with E-state index in [0.29, 0.717) is 6.04 Å². The van der Waals surface area contributed by atoms with E-state index in [1.807, 2.05) is 40.9 Å². The highest BCUT2D eigenvalue weighted by atomic mass is 32.2. The van der Waals surface area contributed by atoms with Crippen molar-refractivity contribution in [2.45, 2.75) is 13.0 Å². The van der Waals surface area contributed by atoms with E-state index in [1.165, 1.54) is 0 Å². The van der Waals surface area contributed by atoms with Crippen LogP contribution in [0.1, 0.15) is 16.6 Å². The Kier molecular flexibility index (Phi) is 3.41. The molecule has 2 heterocycles. The average Bonchev–Trinajstić information content (AvgIpc) is 2.81. The topological polar surface area (TPSA) is 46.3 Å². The highest BCUT2D eigenvalue weighted by Crippen LogP contribution is 2.29. The van der Waals surface area contributed by atoms with Crippen LogP contribution in [0.4, 0.5) is 5.69 Å². The lowest BCUT2D eigenvalue weighted by Crippen LogP contribution is -2.44. The van der Waals surface area contributed by atoms with Gasteiger partial charge in [0.15, 0.2) is 0 Å². The van der Waals surface area contributed by atoms with Crippen molar-refractivity contribution in [3.63, 3.8) is 0 Å². The number of thioether (sulfide) groups is 1. The minimum Gasteiger partial charge on any atom is -0.399 e. The van der Waals surface area contributed by atoms with E-state index >= 15 is 0 Å². The fraction of sp³-hybridized carbons (Fsp3) is 0.357. The van der Waals surface area contributed by atoms with Crippen LogP contribution in [0.15, 0.2) is 24.3 Å². The second-order valence-corrected chi connectivity index (χ2v) is 7.06. The normalized spacial score (nSPS) is 19.8. The molecule has 0 radical (unpaired) electrons. The fourth-order valence-electron chi connectivity index (χ4n) is 2.34. The third-order valence-electron chi connectivity index (χ3n) is 3.38. The van der Waals surface area contributed by atoms with Crippen molar-refractivity contribution in [2.75, 3.05) is 23.8 Å². The number of benzene rings is 1. The van der Waals surface area contributed by atoms with Crippen LogP contribution in [0.5, 0.6) is 0 Å². The maximum atomic E-state index is 12.6. The number of anilines is 1. The lowest BCUT2D eigenvalue weighted by Gasteiger charge is -2.32. The number of hydrogen-bond acceptors (Lipinski definition) is 4. The summed E-state index contributed by atoms with van der Waals surface area (Å²) in [5.74, 6) is 2.23. The van der Waals surface area contributed by atoms with Crippen molar-refractivity contribution >= 4 is 44.8 Å². The fourth-order valence-corrected chi connectivity index (χ4v) is 4.35. The Labute approximate surface area is 120 Å². The summed E-state index contributed by atoms with van der Waals surface area (Å²) in [7, 11) is 0. The van der Waals surface area contributed by atoms with Gasteiger partial charge in [0, 0.05) is 34.5 Å². The lowest BCUT2D eigenvalue weighted by atomic mass is 10.2. The number of amides is 1. The molecule has 1 atom stereocenters. The second kappa shape index (κ2) is 5.06. The van der Waals surface area contributed by atoms with Gasteiger partial charge in [-0.15, -0.1) is 11.3 Å².